The van der Waals surface area contributed by atoms with Crippen LogP contribution in [0.2, 0.25) is 5.15 Å². The van der Waals surface area contributed by atoms with E-state index in [1.54, 1.807) is 6.07 Å². The molecular formula is C12H10ClN3O3S. The number of benzene rings is 1. The monoisotopic (exact) mass is 311 g/mol. The van der Waals surface area contributed by atoms with Crippen LogP contribution < -0.4 is 10.5 Å². The Hall–Kier alpha value is -2.12. The Balaban J connectivity index is 2.31. The van der Waals surface area contributed by atoms with E-state index in [0.717, 1.165) is 0 Å². The zero-order valence-electron chi connectivity index (χ0n) is 10.1. The van der Waals surface area contributed by atoms with Gasteiger partial charge in [-0.15, -0.1) is 0 Å². The van der Waals surface area contributed by atoms with E-state index < -0.39 is 15.9 Å². The smallest absolute Gasteiger partial charge is 0.261 e. The molecule has 1 amide bonds. The van der Waals surface area contributed by atoms with Crippen molar-refractivity contribution in [1.82, 2.24) is 4.98 Å². The van der Waals surface area contributed by atoms with Gasteiger partial charge in [-0.1, -0.05) is 11.6 Å². The van der Waals surface area contributed by atoms with Gasteiger partial charge in [0.05, 0.1) is 10.6 Å². The lowest BCUT2D eigenvalue weighted by Crippen LogP contribution is -2.15. The summed E-state index contributed by atoms with van der Waals surface area (Å²) in [6.45, 7) is 0. The number of halogens is 1. The van der Waals surface area contributed by atoms with E-state index in [9.17, 15) is 13.2 Å². The second-order valence-electron chi connectivity index (χ2n) is 3.84. The van der Waals surface area contributed by atoms with Crippen LogP contribution in [-0.2, 0) is 10.0 Å². The van der Waals surface area contributed by atoms with E-state index in [1.165, 1.54) is 36.5 Å². The highest BCUT2D eigenvalue weighted by Crippen LogP contribution is 2.22. The number of anilines is 1. The molecule has 0 saturated heterocycles. The van der Waals surface area contributed by atoms with Gasteiger partial charge in [0.25, 0.3) is 10.0 Å². The average molecular weight is 312 g/mol. The molecular weight excluding hydrogens is 302 g/mol. The maximum atomic E-state index is 12.1. The van der Waals surface area contributed by atoms with Gasteiger partial charge in [-0.25, -0.2) is 13.4 Å². The van der Waals surface area contributed by atoms with Crippen LogP contribution in [0.5, 0.6) is 0 Å². The highest BCUT2D eigenvalue weighted by Gasteiger charge is 2.16. The first-order chi connectivity index (χ1) is 9.40. The molecule has 1 aromatic carbocycles. The minimum atomic E-state index is -3.80. The van der Waals surface area contributed by atoms with Crippen LogP contribution in [-0.4, -0.2) is 19.3 Å². The van der Waals surface area contributed by atoms with Crippen LogP contribution >= 0.6 is 11.6 Å². The number of sulfonamides is 1. The molecule has 3 N–H and O–H groups in total. The minimum Gasteiger partial charge on any atom is -0.366 e. The molecule has 1 aromatic heterocycles. The van der Waals surface area contributed by atoms with Crippen molar-refractivity contribution in [3.05, 3.63) is 53.3 Å². The summed E-state index contributed by atoms with van der Waals surface area (Å²) in [4.78, 5) is 14.7. The Morgan fingerprint density at radius 2 is 1.85 bits per heavy atom. The lowest BCUT2D eigenvalue weighted by Gasteiger charge is -2.09. The average Bonchev–Trinajstić information content (AvgIpc) is 2.41. The van der Waals surface area contributed by atoms with Crippen LogP contribution in [0.25, 0.3) is 0 Å². The van der Waals surface area contributed by atoms with E-state index >= 15 is 0 Å². The molecule has 8 heteroatoms. The van der Waals surface area contributed by atoms with Gasteiger partial charge >= 0.3 is 0 Å². The standard InChI is InChI=1S/C12H10ClN3O3S/c13-11-10(2-1-7-15-11)16-20(18,19)9-5-3-8(4-6-9)12(14)17/h1-7,16H,(H2,14,17). The van der Waals surface area contributed by atoms with Crippen molar-refractivity contribution in [2.75, 3.05) is 4.72 Å². The van der Waals surface area contributed by atoms with Crippen LogP contribution in [0.4, 0.5) is 5.69 Å². The van der Waals surface area contributed by atoms with Gasteiger partial charge in [0, 0.05) is 11.8 Å². The Morgan fingerprint density at radius 1 is 1.20 bits per heavy atom. The maximum absolute atomic E-state index is 12.1. The number of amides is 1. The molecule has 104 valence electrons. The van der Waals surface area contributed by atoms with Gasteiger partial charge in [0.15, 0.2) is 5.15 Å². The fourth-order valence-corrected chi connectivity index (χ4v) is 2.75. The zero-order chi connectivity index (χ0) is 14.8. The number of hydrogen-bond acceptors (Lipinski definition) is 4. The summed E-state index contributed by atoms with van der Waals surface area (Å²) < 4.78 is 26.6. The van der Waals surface area contributed by atoms with E-state index in [4.69, 9.17) is 17.3 Å². The number of rotatable bonds is 4. The predicted molar refractivity (Wildman–Crippen MR) is 75.0 cm³/mol. The van der Waals surface area contributed by atoms with E-state index in [-0.39, 0.29) is 21.3 Å². The van der Waals surface area contributed by atoms with E-state index in [1.807, 2.05) is 0 Å². The third-order valence-corrected chi connectivity index (χ3v) is 4.14. The first-order valence-corrected chi connectivity index (χ1v) is 7.29. The molecule has 0 aliphatic carbocycles. The van der Waals surface area contributed by atoms with Crippen molar-refractivity contribution < 1.29 is 13.2 Å². The molecule has 0 aliphatic heterocycles. The van der Waals surface area contributed by atoms with Gasteiger partial charge in [-0.05, 0) is 36.4 Å². The van der Waals surface area contributed by atoms with Crippen molar-refractivity contribution >= 4 is 33.2 Å². The summed E-state index contributed by atoms with van der Waals surface area (Å²) in [5.41, 5.74) is 5.49. The maximum Gasteiger partial charge on any atom is 0.261 e. The fourth-order valence-electron chi connectivity index (χ4n) is 1.46. The summed E-state index contributed by atoms with van der Waals surface area (Å²) in [6, 6.07) is 8.29. The van der Waals surface area contributed by atoms with E-state index in [0.29, 0.717) is 0 Å². The fraction of sp³-hybridized carbons (Fsp3) is 0. The summed E-state index contributed by atoms with van der Waals surface area (Å²) in [7, 11) is -3.80. The Morgan fingerprint density at radius 3 is 2.40 bits per heavy atom. The van der Waals surface area contributed by atoms with Gasteiger partial charge in [-0.3, -0.25) is 9.52 Å². The second-order valence-corrected chi connectivity index (χ2v) is 5.88. The van der Waals surface area contributed by atoms with E-state index in [2.05, 4.69) is 9.71 Å². The number of hydrogen-bond donors (Lipinski definition) is 2. The molecule has 2 aromatic rings. The molecule has 1 heterocycles. The number of nitrogens with one attached hydrogen (secondary N) is 1. The van der Waals surface area contributed by atoms with Crippen LogP contribution in [0.1, 0.15) is 10.4 Å². The lowest BCUT2D eigenvalue weighted by molar-refractivity contribution is 0.1000. The van der Waals surface area contributed by atoms with Crippen LogP contribution in [0.15, 0.2) is 47.5 Å². The van der Waals surface area contributed by atoms with Crippen molar-refractivity contribution in [3.63, 3.8) is 0 Å². The van der Waals surface area contributed by atoms with Crippen LogP contribution in [0.3, 0.4) is 0 Å². The SMILES string of the molecule is NC(=O)c1ccc(S(=O)(=O)Nc2cccnc2Cl)cc1. The molecule has 0 fully saturated rings. The number of primary amides is 1. The Bertz CT molecular complexity index is 745. The van der Waals surface area contributed by atoms with Crippen LogP contribution in [0, 0.1) is 0 Å². The summed E-state index contributed by atoms with van der Waals surface area (Å²) in [5.74, 6) is -0.628. The number of carbonyl (C=O) groups is 1. The molecule has 0 atom stereocenters. The number of carbonyl (C=O) groups excluding carboxylic acids is 1. The Kier molecular flexibility index (Phi) is 3.91. The zero-order valence-corrected chi connectivity index (χ0v) is 11.6. The topological polar surface area (TPSA) is 102 Å². The van der Waals surface area contributed by atoms with Crippen molar-refractivity contribution in [2.24, 2.45) is 5.73 Å². The molecule has 2 rings (SSSR count). The molecule has 0 bridgehead atoms. The summed E-state index contributed by atoms with van der Waals surface area (Å²) >= 11 is 5.79. The molecule has 20 heavy (non-hydrogen) atoms. The third kappa shape index (κ3) is 3.06. The third-order valence-electron chi connectivity index (χ3n) is 2.45. The molecule has 0 radical (unpaired) electrons. The van der Waals surface area contributed by atoms with Gasteiger partial charge in [-0.2, -0.15) is 0 Å². The normalized spacial score (nSPS) is 11.1. The highest BCUT2D eigenvalue weighted by atomic mass is 35.5. The van der Waals surface area contributed by atoms with Gasteiger partial charge in [0.1, 0.15) is 0 Å². The molecule has 0 saturated carbocycles. The number of aromatic nitrogens is 1. The lowest BCUT2D eigenvalue weighted by atomic mass is 10.2. The molecule has 0 spiro atoms. The molecule has 0 unspecified atom stereocenters. The van der Waals surface area contributed by atoms with Crippen molar-refractivity contribution in [2.45, 2.75) is 4.90 Å². The predicted octanol–water partition coefficient (Wildman–Crippen LogP) is 1.63. The minimum absolute atomic E-state index is 0.0116. The first-order valence-electron chi connectivity index (χ1n) is 5.43. The Labute approximate surface area is 120 Å². The summed E-state index contributed by atoms with van der Waals surface area (Å²) in [6.07, 6.45) is 1.45. The summed E-state index contributed by atoms with van der Waals surface area (Å²) in [5, 5.41) is 0.0461. The van der Waals surface area contributed by atoms with Gasteiger partial charge in [0.2, 0.25) is 5.91 Å². The number of pyridine rings is 1. The largest absolute Gasteiger partial charge is 0.366 e. The van der Waals surface area contributed by atoms with Crippen molar-refractivity contribution in [1.29, 1.82) is 0 Å². The van der Waals surface area contributed by atoms with Crippen molar-refractivity contribution in [3.8, 4) is 0 Å². The number of nitrogens with two attached hydrogens (primary N) is 1. The number of nitrogens with zero attached hydrogens (tertiary/aromatic N) is 1. The quantitative estimate of drug-likeness (QED) is 0.838. The second kappa shape index (κ2) is 5.48. The van der Waals surface area contributed by atoms with Gasteiger partial charge < -0.3 is 5.73 Å². The molecule has 6 nitrogen and oxygen atoms in total. The molecule has 0 aliphatic rings. The highest BCUT2D eigenvalue weighted by molar-refractivity contribution is 7.92. The first kappa shape index (κ1) is 14.3.